The summed E-state index contributed by atoms with van der Waals surface area (Å²) in [5.74, 6) is 0.986. The van der Waals surface area contributed by atoms with Crippen molar-refractivity contribution in [3.8, 4) is 0 Å². The maximum atomic E-state index is 13.5. The average molecular weight is 405 g/mol. The third-order valence-corrected chi connectivity index (χ3v) is 6.93. The second-order valence-electron chi connectivity index (χ2n) is 8.43. The van der Waals surface area contributed by atoms with Crippen molar-refractivity contribution in [2.24, 2.45) is 5.41 Å². The van der Waals surface area contributed by atoms with Gasteiger partial charge in [-0.15, -0.1) is 0 Å². The van der Waals surface area contributed by atoms with Gasteiger partial charge in [0.2, 0.25) is 11.2 Å². The topological polar surface area (TPSA) is 98.2 Å². The third kappa shape index (κ3) is 2.93. The third-order valence-electron chi connectivity index (χ3n) is 6.76. The van der Waals surface area contributed by atoms with E-state index in [0.717, 1.165) is 58.0 Å². The first-order chi connectivity index (χ1) is 13.6. The minimum absolute atomic E-state index is 0.187. The summed E-state index contributed by atoms with van der Waals surface area (Å²) < 4.78 is 0. The van der Waals surface area contributed by atoms with Crippen LogP contribution in [0.1, 0.15) is 44.9 Å². The number of carbonyl (C=O) groups excluding carboxylic acids is 1. The standard InChI is InChI=1S/C19H25ClN6O2/c20-18-23-15-14(21-11-22-15)16(24-18)25-8-1-6-19(10-25)7-9-26(17(19)28)12-2-4-13(27)5-3-12/h11-13,27H,1-10H2,(H,21,22,23,24)/t12-,13-,19-/m0/s1. The van der Waals surface area contributed by atoms with E-state index in [-0.39, 0.29) is 28.8 Å². The number of aromatic nitrogens is 4. The second-order valence-corrected chi connectivity index (χ2v) is 8.77. The lowest BCUT2D eigenvalue weighted by Gasteiger charge is -2.40. The highest BCUT2D eigenvalue weighted by Crippen LogP contribution is 2.43. The number of nitrogens with one attached hydrogen (secondary N) is 1. The van der Waals surface area contributed by atoms with Crippen molar-refractivity contribution in [2.75, 3.05) is 24.5 Å². The van der Waals surface area contributed by atoms with Gasteiger partial charge in [0.05, 0.1) is 17.8 Å². The van der Waals surface area contributed by atoms with Gasteiger partial charge >= 0.3 is 0 Å². The molecule has 1 aliphatic carbocycles. The van der Waals surface area contributed by atoms with Crippen LogP contribution in [0.4, 0.5) is 5.82 Å². The van der Waals surface area contributed by atoms with Crippen molar-refractivity contribution in [2.45, 2.75) is 57.1 Å². The number of likely N-dealkylation sites (tertiary alicyclic amines) is 1. The molecule has 2 aromatic heterocycles. The number of H-pyrrole nitrogens is 1. The van der Waals surface area contributed by atoms with E-state index in [9.17, 15) is 9.90 Å². The summed E-state index contributed by atoms with van der Waals surface area (Å²) >= 11 is 6.12. The molecular weight excluding hydrogens is 380 g/mol. The maximum absolute atomic E-state index is 13.5. The Hall–Kier alpha value is -1.93. The van der Waals surface area contributed by atoms with Crippen LogP contribution in [0, 0.1) is 5.41 Å². The van der Waals surface area contributed by atoms with Gasteiger partial charge in [0, 0.05) is 25.7 Å². The number of hydrogen-bond donors (Lipinski definition) is 2. The zero-order valence-electron chi connectivity index (χ0n) is 15.8. The number of anilines is 1. The van der Waals surface area contributed by atoms with Crippen molar-refractivity contribution in [1.82, 2.24) is 24.8 Å². The SMILES string of the molecule is O=C1N([C@H]2CC[C@H](O)CC2)CC[C@]12CCCN(c1nc(Cl)nc3[nH]cnc13)C2. The number of hydrogen-bond acceptors (Lipinski definition) is 6. The van der Waals surface area contributed by atoms with Crippen LogP contribution in [0.3, 0.4) is 0 Å². The first-order valence-corrected chi connectivity index (χ1v) is 10.5. The maximum Gasteiger partial charge on any atom is 0.230 e. The lowest BCUT2D eigenvalue weighted by Crippen LogP contribution is -2.50. The van der Waals surface area contributed by atoms with E-state index in [4.69, 9.17) is 11.6 Å². The number of aliphatic hydroxyl groups is 1. The molecule has 3 fully saturated rings. The molecule has 0 bridgehead atoms. The van der Waals surface area contributed by atoms with E-state index in [1.165, 1.54) is 0 Å². The number of nitrogens with zero attached hydrogens (tertiary/aromatic N) is 5. The van der Waals surface area contributed by atoms with Gasteiger partial charge in [-0.25, -0.2) is 4.98 Å². The molecule has 2 aromatic rings. The fourth-order valence-corrected chi connectivity index (χ4v) is 5.44. The van der Waals surface area contributed by atoms with Crippen molar-refractivity contribution >= 4 is 34.5 Å². The summed E-state index contributed by atoms with van der Waals surface area (Å²) in [4.78, 5) is 33.7. The van der Waals surface area contributed by atoms with Gasteiger partial charge in [0.1, 0.15) is 0 Å². The zero-order chi connectivity index (χ0) is 19.3. The minimum atomic E-state index is -0.353. The molecule has 2 N–H and O–H groups in total. The molecule has 0 radical (unpaired) electrons. The first-order valence-electron chi connectivity index (χ1n) is 10.2. The van der Waals surface area contributed by atoms with Crippen molar-refractivity contribution < 1.29 is 9.90 Å². The van der Waals surface area contributed by atoms with E-state index >= 15 is 0 Å². The zero-order valence-corrected chi connectivity index (χ0v) is 16.5. The van der Waals surface area contributed by atoms with Crippen LogP contribution in [-0.4, -0.2) is 67.6 Å². The Morgan fingerprint density at radius 1 is 1.18 bits per heavy atom. The van der Waals surface area contributed by atoms with Crippen LogP contribution in [0.2, 0.25) is 5.28 Å². The Morgan fingerprint density at radius 2 is 2.00 bits per heavy atom. The summed E-state index contributed by atoms with van der Waals surface area (Å²) in [6.45, 7) is 2.29. The van der Waals surface area contributed by atoms with E-state index < -0.39 is 0 Å². The summed E-state index contributed by atoms with van der Waals surface area (Å²) in [7, 11) is 0. The molecule has 1 saturated carbocycles. The van der Waals surface area contributed by atoms with Crippen molar-refractivity contribution in [3.63, 3.8) is 0 Å². The van der Waals surface area contributed by atoms with E-state index in [0.29, 0.717) is 23.5 Å². The molecule has 8 nitrogen and oxygen atoms in total. The molecule has 3 aliphatic rings. The summed E-state index contributed by atoms with van der Waals surface area (Å²) in [5, 5.41) is 9.97. The Kier molecular flexibility index (Phi) is 4.43. The number of carbonyl (C=O) groups is 1. The number of piperidine rings is 1. The lowest BCUT2D eigenvalue weighted by atomic mass is 9.78. The number of fused-ring (bicyclic) bond motifs is 1. The highest BCUT2D eigenvalue weighted by molar-refractivity contribution is 6.28. The van der Waals surface area contributed by atoms with Gasteiger partial charge in [-0.05, 0) is 56.5 Å². The van der Waals surface area contributed by atoms with Crippen LogP contribution < -0.4 is 4.90 Å². The second kappa shape index (κ2) is 6.84. The molecule has 0 aromatic carbocycles. The van der Waals surface area contributed by atoms with E-state index in [1.54, 1.807) is 6.33 Å². The molecule has 2 saturated heterocycles. The molecule has 2 aliphatic heterocycles. The van der Waals surface area contributed by atoms with Crippen molar-refractivity contribution in [3.05, 3.63) is 11.6 Å². The molecule has 1 amide bonds. The highest BCUT2D eigenvalue weighted by atomic mass is 35.5. The molecule has 4 heterocycles. The Labute approximate surface area is 168 Å². The molecule has 28 heavy (non-hydrogen) atoms. The quantitative estimate of drug-likeness (QED) is 0.744. The predicted octanol–water partition coefficient (Wildman–Crippen LogP) is 2.13. The molecule has 0 unspecified atom stereocenters. The van der Waals surface area contributed by atoms with Gasteiger partial charge in [-0.1, -0.05) is 0 Å². The summed E-state index contributed by atoms with van der Waals surface area (Å²) in [6, 6.07) is 0.275. The monoisotopic (exact) mass is 404 g/mol. The molecular formula is C19H25ClN6O2. The summed E-state index contributed by atoms with van der Waals surface area (Å²) in [6.07, 6.45) is 7.53. The number of aromatic amines is 1. The Bertz CT molecular complexity index is 896. The van der Waals surface area contributed by atoms with Gasteiger partial charge in [0.25, 0.3) is 0 Å². The smallest absolute Gasteiger partial charge is 0.230 e. The fourth-order valence-electron chi connectivity index (χ4n) is 5.27. The van der Waals surface area contributed by atoms with Crippen LogP contribution in [-0.2, 0) is 4.79 Å². The van der Waals surface area contributed by atoms with Gasteiger partial charge < -0.3 is 19.9 Å². The number of amides is 1. The molecule has 1 atom stereocenters. The predicted molar refractivity (Wildman–Crippen MR) is 105 cm³/mol. The molecule has 150 valence electrons. The molecule has 5 rings (SSSR count). The summed E-state index contributed by atoms with van der Waals surface area (Å²) in [5.41, 5.74) is 0.966. The Morgan fingerprint density at radius 3 is 2.82 bits per heavy atom. The van der Waals surface area contributed by atoms with Gasteiger partial charge in [-0.3, -0.25) is 4.79 Å². The highest BCUT2D eigenvalue weighted by Gasteiger charge is 2.51. The minimum Gasteiger partial charge on any atom is -0.393 e. The number of rotatable bonds is 2. The van der Waals surface area contributed by atoms with Crippen LogP contribution >= 0.6 is 11.6 Å². The van der Waals surface area contributed by atoms with Crippen LogP contribution in [0.15, 0.2) is 6.33 Å². The normalized spacial score (nSPS) is 31.3. The lowest BCUT2D eigenvalue weighted by molar-refractivity contribution is -0.139. The fraction of sp³-hybridized carbons (Fsp3) is 0.684. The van der Waals surface area contributed by atoms with Gasteiger partial charge in [0.15, 0.2) is 17.0 Å². The van der Waals surface area contributed by atoms with Crippen LogP contribution in [0.5, 0.6) is 0 Å². The van der Waals surface area contributed by atoms with E-state index in [1.807, 2.05) is 0 Å². The first kappa shape index (κ1) is 18.1. The van der Waals surface area contributed by atoms with Gasteiger partial charge in [-0.2, -0.15) is 9.97 Å². The van der Waals surface area contributed by atoms with E-state index in [2.05, 4.69) is 29.7 Å². The number of halogens is 1. The largest absolute Gasteiger partial charge is 0.393 e. The van der Waals surface area contributed by atoms with Crippen molar-refractivity contribution in [1.29, 1.82) is 0 Å². The molecule has 1 spiro atoms. The Balaban J connectivity index is 1.39. The van der Waals surface area contributed by atoms with Crippen LogP contribution in [0.25, 0.3) is 11.2 Å². The number of imidazole rings is 1. The average Bonchev–Trinajstić information content (AvgIpc) is 3.28. The number of aliphatic hydroxyl groups excluding tert-OH is 1. The molecule has 9 heteroatoms.